The van der Waals surface area contributed by atoms with Crippen LogP contribution in [0.3, 0.4) is 0 Å². The fourth-order valence-corrected chi connectivity index (χ4v) is 8.32. The monoisotopic (exact) mass is 490 g/mol. The smallest absolute Gasteiger partial charge is 0.171 e. The van der Waals surface area contributed by atoms with Gasteiger partial charge in [0.15, 0.2) is 5.79 Å². The van der Waals surface area contributed by atoms with Crippen LogP contribution in [0.4, 0.5) is 0 Å². The summed E-state index contributed by atoms with van der Waals surface area (Å²) < 4.78 is 12.7. The number of Topliss-reactive ketones (excluding diaryl/α,β-unsaturated/α-hetero) is 1. The maximum absolute atomic E-state index is 13.2. The van der Waals surface area contributed by atoms with Gasteiger partial charge in [0.05, 0.1) is 18.8 Å². The quantitative estimate of drug-likeness (QED) is 0.476. The Morgan fingerprint density at radius 3 is 2.39 bits per heavy atom. The molecule has 1 aliphatic heterocycles. The molecular formula is C32H42O4. The Morgan fingerprint density at radius 1 is 1.03 bits per heavy atom. The summed E-state index contributed by atoms with van der Waals surface area (Å²) in [5.41, 5.74) is 5.00. The summed E-state index contributed by atoms with van der Waals surface area (Å²) in [6.45, 7) is 14.0. The van der Waals surface area contributed by atoms with Crippen LogP contribution >= 0.6 is 0 Å². The van der Waals surface area contributed by atoms with Crippen molar-refractivity contribution < 1.29 is 19.4 Å². The van der Waals surface area contributed by atoms with Crippen LogP contribution in [-0.4, -0.2) is 35.5 Å². The van der Waals surface area contributed by atoms with E-state index in [1.807, 2.05) is 6.92 Å². The second-order valence-electron chi connectivity index (χ2n) is 13.6. The first-order valence-electron chi connectivity index (χ1n) is 14.0. The SMILES string of the molecule is C=C(C)c1ccc([C@H]2C[C@]3(C)C(=O)CC[C@H]3[C@@H]3CC[C@@]4(O)CC5(CCC4=C32)OCC(C)(C)CO5)cc1. The number of hydrogen-bond donors (Lipinski definition) is 1. The molecule has 0 amide bonds. The number of ketones is 1. The molecule has 1 heterocycles. The van der Waals surface area contributed by atoms with E-state index in [0.29, 0.717) is 43.7 Å². The molecule has 194 valence electrons. The standard InChI is InChI=1S/C32H42O4/c1-20(2)21-6-8-22(9-7-21)24-16-30(5)25(10-11-27(30)33)23-12-14-31(34)17-32(15-13-26(31)28(23)24)35-18-29(3,4)19-36-32/h6-9,23-25,34H,1,10-19H2,2-5H3/t23-,24+,25-,30-,31+/m0/s1. The van der Waals surface area contributed by atoms with Crippen LogP contribution in [0.15, 0.2) is 42.0 Å². The molecule has 5 atom stereocenters. The predicted molar refractivity (Wildman–Crippen MR) is 141 cm³/mol. The summed E-state index contributed by atoms with van der Waals surface area (Å²) in [4.78, 5) is 13.2. The van der Waals surface area contributed by atoms with Crippen LogP contribution in [0.1, 0.15) is 96.1 Å². The summed E-state index contributed by atoms with van der Waals surface area (Å²) in [5, 5.41) is 12.2. The van der Waals surface area contributed by atoms with E-state index >= 15 is 0 Å². The Balaban J connectivity index is 1.42. The van der Waals surface area contributed by atoms with Gasteiger partial charge in [-0.15, -0.1) is 0 Å². The first-order chi connectivity index (χ1) is 17.0. The van der Waals surface area contributed by atoms with Crippen LogP contribution in [0.25, 0.3) is 5.57 Å². The van der Waals surface area contributed by atoms with E-state index in [-0.39, 0.29) is 16.7 Å². The fourth-order valence-electron chi connectivity index (χ4n) is 8.32. The average Bonchev–Trinajstić information content (AvgIpc) is 3.14. The van der Waals surface area contributed by atoms with Gasteiger partial charge in [-0.2, -0.15) is 0 Å². The molecule has 0 bridgehead atoms. The number of benzene rings is 1. The van der Waals surface area contributed by atoms with E-state index in [1.165, 1.54) is 16.7 Å². The third-order valence-electron chi connectivity index (χ3n) is 10.4. The zero-order chi connectivity index (χ0) is 25.5. The zero-order valence-corrected chi connectivity index (χ0v) is 22.5. The van der Waals surface area contributed by atoms with Crippen LogP contribution in [0.2, 0.25) is 0 Å². The lowest BCUT2D eigenvalue weighted by Crippen LogP contribution is -2.57. The lowest BCUT2D eigenvalue weighted by Gasteiger charge is -2.56. The first kappa shape index (κ1) is 24.6. The molecule has 1 N–H and O–H groups in total. The van der Waals surface area contributed by atoms with Gasteiger partial charge >= 0.3 is 0 Å². The molecule has 5 aliphatic rings. The minimum absolute atomic E-state index is 0.00809. The van der Waals surface area contributed by atoms with Gasteiger partial charge < -0.3 is 14.6 Å². The van der Waals surface area contributed by atoms with E-state index in [0.717, 1.165) is 49.7 Å². The molecule has 1 aromatic rings. The van der Waals surface area contributed by atoms with E-state index in [9.17, 15) is 9.90 Å². The molecule has 4 fully saturated rings. The number of ether oxygens (including phenoxy) is 2. The van der Waals surface area contributed by atoms with Crippen molar-refractivity contribution in [3.63, 3.8) is 0 Å². The van der Waals surface area contributed by atoms with E-state index in [1.54, 1.807) is 0 Å². The molecule has 4 aliphatic carbocycles. The van der Waals surface area contributed by atoms with E-state index < -0.39 is 11.4 Å². The van der Waals surface area contributed by atoms with Crippen LogP contribution < -0.4 is 0 Å². The Bertz CT molecular complexity index is 1120. The second kappa shape index (κ2) is 8.12. The van der Waals surface area contributed by atoms with Gasteiger partial charge in [0, 0.05) is 36.0 Å². The predicted octanol–water partition coefficient (Wildman–Crippen LogP) is 6.58. The van der Waals surface area contributed by atoms with Crippen LogP contribution in [0, 0.1) is 22.7 Å². The highest BCUT2D eigenvalue weighted by atomic mass is 16.7. The van der Waals surface area contributed by atoms with Gasteiger partial charge in [-0.05, 0) is 67.6 Å². The number of rotatable bonds is 2. The Hall–Kier alpha value is -1.75. The largest absolute Gasteiger partial charge is 0.385 e. The number of aliphatic hydroxyl groups is 1. The van der Waals surface area contributed by atoms with Crippen molar-refractivity contribution >= 4 is 11.4 Å². The lowest BCUT2D eigenvalue weighted by molar-refractivity contribution is -0.322. The highest BCUT2D eigenvalue weighted by Gasteiger charge is 2.60. The fraction of sp³-hybridized carbons (Fsp3) is 0.656. The molecule has 3 saturated carbocycles. The van der Waals surface area contributed by atoms with Crippen LogP contribution in [-0.2, 0) is 14.3 Å². The van der Waals surface area contributed by atoms with Crippen molar-refractivity contribution in [2.24, 2.45) is 22.7 Å². The first-order valence-corrected chi connectivity index (χ1v) is 14.0. The van der Waals surface area contributed by atoms with E-state index in [2.05, 4.69) is 51.6 Å². The number of carbonyl (C=O) groups is 1. The van der Waals surface area contributed by atoms with Gasteiger partial charge in [0.25, 0.3) is 0 Å². The molecule has 4 heteroatoms. The Morgan fingerprint density at radius 2 is 1.72 bits per heavy atom. The van der Waals surface area contributed by atoms with Gasteiger partial charge in [-0.25, -0.2) is 0 Å². The molecule has 1 aromatic carbocycles. The minimum atomic E-state index is -0.891. The van der Waals surface area contributed by atoms with Crippen LogP contribution in [0.5, 0.6) is 0 Å². The van der Waals surface area contributed by atoms with Gasteiger partial charge in [-0.3, -0.25) is 4.79 Å². The van der Waals surface area contributed by atoms with Crippen molar-refractivity contribution in [3.8, 4) is 0 Å². The number of carbonyl (C=O) groups excluding carboxylic acids is 1. The van der Waals surface area contributed by atoms with Crippen molar-refractivity contribution in [2.75, 3.05) is 13.2 Å². The molecular weight excluding hydrogens is 448 g/mol. The summed E-state index contributed by atoms with van der Waals surface area (Å²) >= 11 is 0. The molecule has 1 saturated heterocycles. The molecule has 0 radical (unpaired) electrons. The second-order valence-corrected chi connectivity index (χ2v) is 13.6. The highest BCUT2D eigenvalue weighted by molar-refractivity contribution is 5.87. The topological polar surface area (TPSA) is 55.8 Å². The van der Waals surface area contributed by atoms with Gasteiger partial charge in [0.2, 0.25) is 0 Å². The maximum Gasteiger partial charge on any atom is 0.171 e. The summed E-state index contributed by atoms with van der Waals surface area (Å²) in [7, 11) is 0. The van der Waals surface area contributed by atoms with Gasteiger partial charge in [0.1, 0.15) is 5.78 Å². The molecule has 0 aromatic heterocycles. The average molecular weight is 491 g/mol. The molecule has 6 rings (SSSR count). The minimum Gasteiger partial charge on any atom is -0.385 e. The van der Waals surface area contributed by atoms with Crippen molar-refractivity contribution in [1.29, 1.82) is 0 Å². The number of fused-ring (bicyclic) bond motifs is 4. The van der Waals surface area contributed by atoms with Gasteiger partial charge in [-0.1, -0.05) is 62.8 Å². The molecule has 1 spiro atoms. The maximum atomic E-state index is 13.2. The normalized spacial score (nSPS) is 38.9. The zero-order valence-electron chi connectivity index (χ0n) is 22.5. The third-order valence-corrected chi connectivity index (χ3v) is 10.4. The van der Waals surface area contributed by atoms with Crippen molar-refractivity contribution in [3.05, 3.63) is 53.1 Å². The third kappa shape index (κ3) is 3.70. The summed E-state index contributed by atoms with van der Waals surface area (Å²) in [6.07, 6.45) is 6.32. The van der Waals surface area contributed by atoms with Crippen molar-refractivity contribution in [2.45, 2.75) is 96.4 Å². The number of allylic oxidation sites excluding steroid dienone is 2. The lowest BCUT2D eigenvalue weighted by atomic mass is 9.51. The molecule has 36 heavy (non-hydrogen) atoms. The molecule has 0 unspecified atom stereocenters. The highest BCUT2D eigenvalue weighted by Crippen LogP contribution is 2.64. The number of hydrogen-bond acceptors (Lipinski definition) is 4. The Labute approximate surface area is 216 Å². The van der Waals surface area contributed by atoms with E-state index in [4.69, 9.17) is 9.47 Å². The summed E-state index contributed by atoms with van der Waals surface area (Å²) in [5.74, 6) is 0.696. The Kier molecular flexibility index (Phi) is 5.55. The summed E-state index contributed by atoms with van der Waals surface area (Å²) in [6, 6.07) is 8.80. The molecule has 4 nitrogen and oxygen atoms in total. The van der Waals surface area contributed by atoms with Crippen molar-refractivity contribution in [1.82, 2.24) is 0 Å².